The van der Waals surface area contributed by atoms with Crippen LogP contribution in [0.4, 0.5) is 5.82 Å². The number of ether oxygens (including phenoxy) is 1. The zero-order valence-electron chi connectivity index (χ0n) is 11.2. The summed E-state index contributed by atoms with van der Waals surface area (Å²) in [6, 6.07) is 5.81. The molecule has 0 aliphatic heterocycles. The van der Waals surface area contributed by atoms with E-state index >= 15 is 0 Å². The monoisotopic (exact) mass is 258 g/mol. The average molecular weight is 258 g/mol. The molecule has 2 aromatic rings. The lowest BCUT2D eigenvalue weighted by atomic mass is 10.2. The van der Waals surface area contributed by atoms with Crippen LogP contribution >= 0.6 is 0 Å². The van der Waals surface area contributed by atoms with Gasteiger partial charge in [-0.2, -0.15) is 4.98 Å². The summed E-state index contributed by atoms with van der Waals surface area (Å²) in [5, 5.41) is 3.17. The molecule has 0 aliphatic carbocycles. The summed E-state index contributed by atoms with van der Waals surface area (Å²) in [4.78, 5) is 12.7. The first kappa shape index (κ1) is 13.3. The zero-order chi connectivity index (χ0) is 13.5. The molecule has 0 aromatic carbocycles. The Morgan fingerprint density at radius 2 is 2.16 bits per heavy atom. The number of nitrogens with zero attached hydrogens (tertiary/aromatic N) is 3. The lowest BCUT2D eigenvalue weighted by molar-refractivity contribution is 0.260. The van der Waals surface area contributed by atoms with Crippen LogP contribution in [0.5, 0.6) is 5.88 Å². The van der Waals surface area contributed by atoms with E-state index < -0.39 is 0 Å². The Bertz CT molecular complexity index is 502. The molecule has 100 valence electrons. The Morgan fingerprint density at radius 3 is 2.89 bits per heavy atom. The summed E-state index contributed by atoms with van der Waals surface area (Å²) in [6.45, 7) is 5.44. The van der Waals surface area contributed by atoms with Gasteiger partial charge in [0.1, 0.15) is 5.82 Å². The second-order valence-electron chi connectivity index (χ2n) is 4.62. The van der Waals surface area contributed by atoms with Gasteiger partial charge in [0.15, 0.2) is 0 Å². The zero-order valence-corrected chi connectivity index (χ0v) is 11.2. The van der Waals surface area contributed by atoms with E-state index in [4.69, 9.17) is 4.74 Å². The number of aromatic nitrogens is 3. The highest BCUT2D eigenvalue weighted by Gasteiger charge is 2.01. The Hall–Kier alpha value is -2.17. The topological polar surface area (TPSA) is 59.9 Å². The van der Waals surface area contributed by atoms with Gasteiger partial charge in [-0.3, -0.25) is 9.97 Å². The SMILES string of the molecule is CC(C)COc1cncc(NCc2ccccn2)n1. The van der Waals surface area contributed by atoms with Gasteiger partial charge >= 0.3 is 0 Å². The molecule has 0 amide bonds. The Balaban J connectivity index is 1.91. The van der Waals surface area contributed by atoms with E-state index in [-0.39, 0.29) is 0 Å². The molecule has 2 rings (SSSR count). The Kier molecular flexibility index (Phi) is 4.66. The van der Waals surface area contributed by atoms with E-state index in [0.29, 0.717) is 30.8 Å². The van der Waals surface area contributed by atoms with Crippen molar-refractivity contribution < 1.29 is 4.74 Å². The minimum absolute atomic E-state index is 0.465. The average Bonchev–Trinajstić information content (AvgIpc) is 2.44. The van der Waals surface area contributed by atoms with Crippen LogP contribution in [0.1, 0.15) is 19.5 Å². The summed E-state index contributed by atoms with van der Waals surface area (Å²) < 4.78 is 5.53. The predicted molar refractivity (Wildman–Crippen MR) is 73.9 cm³/mol. The van der Waals surface area contributed by atoms with E-state index in [1.165, 1.54) is 0 Å². The van der Waals surface area contributed by atoms with Gasteiger partial charge < -0.3 is 10.1 Å². The number of hydrogen-bond donors (Lipinski definition) is 1. The molecule has 0 bridgehead atoms. The molecule has 2 aromatic heterocycles. The minimum Gasteiger partial charge on any atom is -0.476 e. The minimum atomic E-state index is 0.465. The normalized spacial score (nSPS) is 10.5. The van der Waals surface area contributed by atoms with Crippen molar-refractivity contribution in [2.45, 2.75) is 20.4 Å². The summed E-state index contributed by atoms with van der Waals surface area (Å²) in [6.07, 6.45) is 5.06. The molecule has 0 spiro atoms. The van der Waals surface area contributed by atoms with Gasteiger partial charge in [0.05, 0.1) is 31.2 Å². The fraction of sp³-hybridized carbons (Fsp3) is 0.357. The molecule has 19 heavy (non-hydrogen) atoms. The molecule has 5 nitrogen and oxygen atoms in total. The molecule has 0 atom stereocenters. The fourth-order valence-electron chi connectivity index (χ4n) is 1.44. The van der Waals surface area contributed by atoms with Crippen LogP contribution in [-0.4, -0.2) is 21.6 Å². The number of pyridine rings is 1. The van der Waals surface area contributed by atoms with Crippen molar-refractivity contribution in [3.63, 3.8) is 0 Å². The lowest BCUT2D eigenvalue weighted by Crippen LogP contribution is -2.08. The predicted octanol–water partition coefficient (Wildman–Crippen LogP) is 2.52. The Labute approximate surface area is 113 Å². The summed E-state index contributed by atoms with van der Waals surface area (Å²) in [5.74, 6) is 1.69. The smallest absolute Gasteiger partial charge is 0.234 e. The molecule has 1 N–H and O–H groups in total. The van der Waals surface area contributed by atoms with Gasteiger partial charge in [0.2, 0.25) is 5.88 Å². The molecule has 0 saturated carbocycles. The van der Waals surface area contributed by atoms with Gasteiger partial charge in [0, 0.05) is 6.20 Å². The molecular weight excluding hydrogens is 240 g/mol. The van der Waals surface area contributed by atoms with Crippen LogP contribution in [0.25, 0.3) is 0 Å². The highest BCUT2D eigenvalue weighted by Crippen LogP contribution is 2.11. The van der Waals surface area contributed by atoms with Crippen molar-refractivity contribution in [3.8, 4) is 5.88 Å². The van der Waals surface area contributed by atoms with Crippen LogP contribution in [0, 0.1) is 5.92 Å². The second-order valence-corrected chi connectivity index (χ2v) is 4.62. The molecule has 0 radical (unpaired) electrons. The van der Waals surface area contributed by atoms with Gasteiger partial charge in [-0.1, -0.05) is 19.9 Å². The molecule has 2 heterocycles. The number of anilines is 1. The third-order valence-electron chi connectivity index (χ3n) is 2.35. The third kappa shape index (κ3) is 4.54. The van der Waals surface area contributed by atoms with Gasteiger partial charge in [-0.15, -0.1) is 0 Å². The number of hydrogen-bond acceptors (Lipinski definition) is 5. The molecular formula is C14H18N4O. The van der Waals surface area contributed by atoms with Crippen molar-refractivity contribution in [1.82, 2.24) is 15.0 Å². The molecule has 0 unspecified atom stereocenters. The quantitative estimate of drug-likeness (QED) is 0.862. The van der Waals surface area contributed by atoms with Crippen LogP contribution in [-0.2, 0) is 6.54 Å². The first-order valence-electron chi connectivity index (χ1n) is 6.32. The van der Waals surface area contributed by atoms with E-state index in [1.54, 1.807) is 18.6 Å². The standard InChI is InChI=1S/C14H18N4O/c1-11(2)10-19-14-9-15-8-13(18-14)17-7-12-5-3-4-6-16-12/h3-6,8-9,11H,7,10H2,1-2H3,(H,17,18). The van der Waals surface area contributed by atoms with Gasteiger partial charge in [-0.05, 0) is 18.1 Å². The van der Waals surface area contributed by atoms with Crippen molar-refractivity contribution in [3.05, 3.63) is 42.5 Å². The molecule has 0 fully saturated rings. The van der Waals surface area contributed by atoms with Crippen LogP contribution < -0.4 is 10.1 Å². The number of nitrogens with one attached hydrogen (secondary N) is 1. The van der Waals surface area contributed by atoms with Crippen molar-refractivity contribution in [2.75, 3.05) is 11.9 Å². The van der Waals surface area contributed by atoms with Crippen LogP contribution in [0.2, 0.25) is 0 Å². The number of rotatable bonds is 6. The molecule has 0 aliphatic rings. The highest BCUT2D eigenvalue weighted by atomic mass is 16.5. The van der Waals surface area contributed by atoms with Crippen LogP contribution in [0.3, 0.4) is 0 Å². The van der Waals surface area contributed by atoms with Crippen molar-refractivity contribution in [2.24, 2.45) is 5.92 Å². The van der Waals surface area contributed by atoms with Gasteiger partial charge in [0.25, 0.3) is 0 Å². The maximum atomic E-state index is 5.53. The second kappa shape index (κ2) is 6.68. The molecule has 5 heteroatoms. The molecule has 0 saturated heterocycles. The summed E-state index contributed by atoms with van der Waals surface area (Å²) >= 11 is 0. The van der Waals surface area contributed by atoms with E-state index in [1.807, 2.05) is 18.2 Å². The van der Waals surface area contributed by atoms with E-state index in [2.05, 4.69) is 34.1 Å². The largest absolute Gasteiger partial charge is 0.476 e. The lowest BCUT2D eigenvalue weighted by Gasteiger charge is -2.09. The van der Waals surface area contributed by atoms with Crippen molar-refractivity contribution >= 4 is 5.82 Å². The van der Waals surface area contributed by atoms with E-state index in [9.17, 15) is 0 Å². The fourth-order valence-corrected chi connectivity index (χ4v) is 1.44. The Morgan fingerprint density at radius 1 is 1.26 bits per heavy atom. The first-order chi connectivity index (χ1) is 9.24. The van der Waals surface area contributed by atoms with Gasteiger partial charge in [-0.25, -0.2) is 0 Å². The maximum absolute atomic E-state index is 5.53. The van der Waals surface area contributed by atoms with E-state index in [0.717, 1.165) is 5.69 Å². The van der Waals surface area contributed by atoms with Crippen molar-refractivity contribution in [1.29, 1.82) is 0 Å². The summed E-state index contributed by atoms with van der Waals surface area (Å²) in [7, 11) is 0. The highest BCUT2D eigenvalue weighted by molar-refractivity contribution is 5.33. The maximum Gasteiger partial charge on any atom is 0.234 e. The first-order valence-corrected chi connectivity index (χ1v) is 6.32. The third-order valence-corrected chi connectivity index (χ3v) is 2.35. The summed E-state index contributed by atoms with van der Waals surface area (Å²) in [5.41, 5.74) is 0.956. The van der Waals surface area contributed by atoms with Crippen LogP contribution in [0.15, 0.2) is 36.8 Å².